The van der Waals surface area contributed by atoms with Crippen molar-refractivity contribution >= 4 is 16.8 Å². The van der Waals surface area contributed by atoms with Crippen LogP contribution >= 0.6 is 0 Å². The summed E-state index contributed by atoms with van der Waals surface area (Å²) in [5, 5.41) is 4.44. The second kappa shape index (κ2) is 10.3. The number of carbonyl (C=O) groups is 1. The minimum atomic E-state index is 0.108. The molecule has 1 aliphatic heterocycles. The summed E-state index contributed by atoms with van der Waals surface area (Å²) < 4.78 is 2.45. The predicted octanol–water partition coefficient (Wildman–Crippen LogP) is 5.53. The number of rotatable bonds is 7. The van der Waals surface area contributed by atoms with E-state index >= 15 is 0 Å². The molecule has 4 aromatic rings. The van der Waals surface area contributed by atoms with Gasteiger partial charge in [0.1, 0.15) is 0 Å². The Hall–Kier alpha value is -3.37. The first-order valence-electron chi connectivity index (χ1n) is 12.3. The number of carbonyl (C=O) groups excluding carboxylic acids is 1. The summed E-state index contributed by atoms with van der Waals surface area (Å²) in [5.41, 5.74) is 6.33. The molecule has 174 valence electrons. The monoisotopic (exact) mass is 451 g/mol. The van der Waals surface area contributed by atoms with Gasteiger partial charge in [0, 0.05) is 36.8 Å². The van der Waals surface area contributed by atoms with E-state index in [0.29, 0.717) is 6.54 Å². The average Bonchev–Trinajstić information content (AvgIpc) is 3.21. The molecule has 0 spiro atoms. The fourth-order valence-corrected chi connectivity index (χ4v) is 4.97. The van der Waals surface area contributed by atoms with Gasteiger partial charge >= 0.3 is 0 Å². The van der Waals surface area contributed by atoms with Crippen LogP contribution in [0, 0.1) is 12.8 Å². The second-order valence-electron chi connectivity index (χ2n) is 9.52. The molecule has 1 saturated heterocycles. The Morgan fingerprint density at radius 2 is 1.56 bits per heavy atom. The lowest BCUT2D eigenvalue weighted by Gasteiger charge is -2.31. The molecule has 5 rings (SSSR count). The summed E-state index contributed by atoms with van der Waals surface area (Å²) >= 11 is 0. The number of likely N-dealkylation sites (tertiary alicyclic amines) is 1. The quantitative estimate of drug-likeness (QED) is 0.401. The van der Waals surface area contributed by atoms with Crippen LogP contribution in [0.3, 0.4) is 0 Å². The van der Waals surface area contributed by atoms with Crippen molar-refractivity contribution in [3.05, 3.63) is 107 Å². The molecule has 0 atom stereocenters. The fraction of sp³-hybridized carbons (Fsp3) is 0.300. The normalized spacial score (nSPS) is 15.0. The van der Waals surface area contributed by atoms with Crippen molar-refractivity contribution < 1.29 is 4.79 Å². The van der Waals surface area contributed by atoms with Gasteiger partial charge in [-0.25, -0.2) is 0 Å². The highest BCUT2D eigenvalue weighted by atomic mass is 16.1. The highest BCUT2D eigenvalue weighted by Gasteiger charge is 2.25. The smallest absolute Gasteiger partial charge is 0.223 e. The van der Waals surface area contributed by atoms with E-state index < -0.39 is 0 Å². The topological polar surface area (TPSA) is 37.3 Å². The first-order valence-corrected chi connectivity index (χ1v) is 12.3. The van der Waals surface area contributed by atoms with E-state index in [1.165, 1.54) is 27.7 Å². The summed E-state index contributed by atoms with van der Waals surface area (Å²) in [6.45, 7) is 6.39. The number of piperidine rings is 1. The van der Waals surface area contributed by atoms with E-state index in [1.54, 1.807) is 0 Å². The van der Waals surface area contributed by atoms with Crippen LogP contribution in [0.1, 0.15) is 35.2 Å². The minimum absolute atomic E-state index is 0.108. The molecular formula is C30H33N3O. The number of hydrogen-bond donors (Lipinski definition) is 1. The van der Waals surface area contributed by atoms with Gasteiger partial charge in [-0.3, -0.25) is 9.69 Å². The summed E-state index contributed by atoms with van der Waals surface area (Å²) in [5.74, 6) is 0.301. The second-order valence-corrected chi connectivity index (χ2v) is 9.52. The van der Waals surface area contributed by atoms with Crippen molar-refractivity contribution in [1.29, 1.82) is 0 Å². The lowest BCUT2D eigenvalue weighted by molar-refractivity contribution is -0.126. The van der Waals surface area contributed by atoms with Gasteiger partial charge < -0.3 is 9.88 Å². The predicted molar refractivity (Wildman–Crippen MR) is 139 cm³/mol. The maximum Gasteiger partial charge on any atom is 0.223 e. The molecule has 4 nitrogen and oxygen atoms in total. The molecule has 0 radical (unpaired) electrons. The number of aromatic nitrogens is 1. The molecule has 1 amide bonds. The fourth-order valence-electron chi connectivity index (χ4n) is 4.97. The van der Waals surface area contributed by atoms with Crippen LogP contribution in [-0.2, 0) is 24.4 Å². The maximum absolute atomic E-state index is 12.7. The highest BCUT2D eigenvalue weighted by Crippen LogP contribution is 2.25. The van der Waals surface area contributed by atoms with Crippen LogP contribution in [0.5, 0.6) is 0 Å². The van der Waals surface area contributed by atoms with Crippen LogP contribution in [0.15, 0.2) is 84.9 Å². The molecular weight excluding hydrogens is 418 g/mol. The van der Waals surface area contributed by atoms with E-state index in [-0.39, 0.29) is 11.8 Å². The van der Waals surface area contributed by atoms with Gasteiger partial charge in [0.25, 0.3) is 0 Å². The standard InChI is InChI=1S/C30H33N3O/c1-23-11-13-24(14-12-23)20-31-30(34)26-15-17-32(18-16-26)22-28-19-27-9-5-6-10-29(27)33(28)21-25-7-3-2-4-8-25/h2-14,19,26H,15-18,20-22H2,1H3,(H,31,34). The van der Waals surface area contributed by atoms with Gasteiger partial charge in [0.15, 0.2) is 0 Å². The van der Waals surface area contributed by atoms with Gasteiger partial charge in [0.05, 0.1) is 0 Å². The molecule has 0 saturated carbocycles. The van der Waals surface area contributed by atoms with E-state index in [9.17, 15) is 4.79 Å². The number of para-hydroxylation sites is 1. The summed E-state index contributed by atoms with van der Waals surface area (Å²) in [4.78, 5) is 15.2. The molecule has 1 aliphatic rings. The Balaban J connectivity index is 1.20. The van der Waals surface area contributed by atoms with Crippen LogP contribution in [-0.4, -0.2) is 28.5 Å². The Morgan fingerprint density at radius 3 is 2.32 bits per heavy atom. The van der Waals surface area contributed by atoms with E-state index in [4.69, 9.17) is 0 Å². The molecule has 1 N–H and O–H groups in total. The number of benzene rings is 3. The molecule has 0 aliphatic carbocycles. The number of hydrogen-bond acceptors (Lipinski definition) is 2. The van der Waals surface area contributed by atoms with Crippen molar-refractivity contribution in [2.75, 3.05) is 13.1 Å². The van der Waals surface area contributed by atoms with Crippen LogP contribution in [0.25, 0.3) is 10.9 Å². The van der Waals surface area contributed by atoms with Crippen LogP contribution in [0.4, 0.5) is 0 Å². The molecule has 0 bridgehead atoms. The van der Waals surface area contributed by atoms with E-state index in [1.807, 2.05) is 0 Å². The van der Waals surface area contributed by atoms with Crippen molar-refractivity contribution in [1.82, 2.24) is 14.8 Å². The van der Waals surface area contributed by atoms with E-state index in [2.05, 4.69) is 107 Å². The van der Waals surface area contributed by atoms with Gasteiger partial charge in [-0.05, 0) is 61.5 Å². The summed E-state index contributed by atoms with van der Waals surface area (Å²) in [6, 6.07) is 30.0. The van der Waals surface area contributed by atoms with Crippen molar-refractivity contribution in [3.8, 4) is 0 Å². The largest absolute Gasteiger partial charge is 0.352 e. The number of aryl methyl sites for hydroxylation is 1. The third kappa shape index (κ3) is 5.23. The number of amides is 1. The maximum atomic E-state index is 12.7. The lowest BCUT2D eigenvalue weighted by Crippen LogP contribution is -2.40. The van der Waals surface area contributed by atoms with Crippen LogP contribution < -0.4 is 5.32 Å². The molecule has 3 aromatic carbocycles. The highest BCUT2D eigenvalue weighted by molar-refractivity contribution is 5.81. The summed E-state index contributed by atoms with van der Waals surface area (Å²) in [6.07, 6.45) is 1.83. The Morgan fingerprint density at radius 1 is 0.853 bits per heavy atom. The number of fused-ring (bicyclic) bond motifs is 1. The average molecular weight is 452 g/mol. The molecule has 34 heavy (non-hydrogen) atoms. The Kier molecular flexibility index (Phi) is 6.77. The van der Waals surface area contributed by atoms with Crippen molar-refractivity contribution in [2.45, 2.75) is 39.4 Å². The molecule has 1 aromatic heterocycles. The molecule has 0 unspecified atom stereocenters. The third-order valence-electron chi connectivity index (χ3n) is 7.01. The third-order valence-corrected chi connectivity index (χ3v) is 7.01. The molecule has 1 fully saturated rings. The Labute approximate surface area is 202 Å². The number of nitrogens with zero attached hydrogens (tertiary/aromatic N) is 2. The first-order chi connectivity index (χ1) is 16.7. The number of nitrogens with one attached hydrogen (secondary N) is 1. The van der Waals surface area contributed by atoms with Crippen molar-refractivity contribution in [3.63, 3.8) is 0 Å². The lowest BCUT2D eigenvalue weighted by atomic mass is 9.95. The zero-order valence-corrected chi connectivity index (χ0v) is 19.9. The van der Waals surface area contributed by atoms with Gasteiger partial charge in [-0.2, -0.15) is 0 Å². The molecule has 4 heteroatoms. The SMILES string of the molecule is Cc1ccc(CNC(=O)C2CCN(Cc3cc4ccccc4n3Cc3ccccc3)CC2)cc1. The van der Waals surface area contributed by atoms with Gasteiger partial charge in [-0.15, -0.1) is 0 Å². The first kappa shape index (κ1) is 22.4. The van der Waals surface area contributed by atoms with Gasteiger partial charge in [0.2, 0.25) is 5.91 Å². The Bertz CT molecular complexity index is 1240. The zero-order chi connectivity index (χ0) is 23.3. The minimum Gasteiger partial charge on any atom is -0.352 e. The zero-order valence-electron chi connectivity index (χ0n) is 19.9. The van der Waals surface area contributed by atoms with Crippen LogP contribution in [0.2, 0.25) is 0 Å². The van der Waals surface area contributed by atoms with Crippen molar-refractivity contribution in [2.24, 2.45) is 5.92 Å². The van der Waals surface area contributed by atoms with Gasteiger partial charge in [-0.1, -0.05) is 78.4 Å². The summed E-state index contributed by atoms with van der Waals surface area (Å²) in [7, 11) is 0. The van der Waals surface area contributed by atoms with E-state index in [0.717, 1.165) is 44.6 Å². The molecule has 2 heterocycles.